The lowest BCUT2D eigenvalue weighted by molar-refractivity contribution is -0.384. The van der Waals surface area contributed by atoms with Crippen molar-refractivity contribution in [3.05, 3.63) is 39.9 Å². The maximum Gasteiger partial charge on any atom is 0.390 e. The SMILES string of the molecule is CSCCC(NC(=O)c1cccc([N+](=O)[O-])c1)C(=O)N(C)CCC(F)(F)F. The molecule has 1 rings (SSSR count). The highest BCUT2D eigenvalue weighted by Crippen LogP contribution is 2.20. The number of carbonyl (C=O) groups excluding carboxylic acids is 2. The Kier molecular flexibility index (Phi) is 8.54. The normalized spacial score (nSPS) is 12.3. The predicted molar refractivity (Wildman–Crippen MR) is 95.7 cm³/mol. The third-order valence-corrected chi connectivity index (χ3v) is 4.28. The summed E-state index contributed by atoms with van der Waals surface area (Å²) >= 11 is 1.41. The van der Waals surface area contributed by atoms with Crippen LogP contribution in [0.15, 0.2) is 24.3 Å². The molecule has 27 heavy (non-hydrogen) atoms. The molecular weight excluding hydrogens is 387 g/mol. The van der Waals surface area contributed by atoms with Crippen LogP contribution < -0.4 is 5.32 Å². The number of hydrogen-bond acceptors (Lipinski definition) is 5. The van der Waals surface area contributed by atoms with Gasteiger partial charge in [-0.15, -0.1) is 0 Å². The van der Waals surface area contributed by atoms with Crippen molar-refractivity contribution in [1.29, 1.82) is 0 Å². The average molecular weight is 407 g/mol. The number of rotatable bonds is 9. The van der Waals surface area contributed by atoms with Gasteiger partial charge in [0.25, 0.3) is 11.6 Å². The molecule has 1 N–H and O–H groups in total. The van der Waals surface area contributed by atoms with Gasteiger partial charge in [-0.05, 0) is 24.5 Å². The lowest BCUT2D eigenvalue weighted by atomic mass is 10.1. The minimum atomic E-state index is -4.39. The first-order valence-electron chi connectivity index (χ1n) is 7.91. The molecule has 0 fully saturated rings. The molecule has 1 aromatic rings. The number of thioether (sulfide) groups is 1. The predicted octanol–water partition coefficient (Wildman–Crippen LogP) is 2.86. The van der Waals surface area contributed by atoms with Crippen LogP contribution in [-0.2, 0) is 4.79 Å². The zero-order chi connectivity index (χ0) is 20.6. The van der Waals surface area contributed by atoms with Gasteiger partial charge in [-0.25, -0.2) is 0 Å². The molecule has 0 saturated heterocycles. The Balaban J connectivity index is 2.86. The molecule has 1 unspecified atom stereocenters. The number of nitrogens with zero attached hydrogens (tertiary/aromatic N) is 2. The molecule has 1 aromatic carbocycles. The monoisotopic (exact) mass is 407 g/mol. The Morgan fingerprint density at radius 1 is 1.37 bits per heavy atom. The van der Waals surface area contributed by atoms with Gasteiger partial charge in [0, 0.05) is 31.3 Å². The van der Waals surface area contributed by atoms with Crippen molar-refractivity contribution >= 4 is 29.3 Å². The van der Waals surface area contributed by atoms with Crippen LogP contribution in [-0.4, -0.2) is 59.5 Å². The lowest BCUT2D eigenvalue weighted by Gasteiger charge is -2.25. The van der Waals surface area contributed by atoms with Gasteiger partial charge < -0.3 is 10.2 Å². The molecule has 2 amide bonds. The third-order valence-electron chi connectivity index (χ3n) is 3.64. The van der Waals surface area contributed by atoms with E-state index in [9.17, 15) is 32.9 Å². The molecule has 0 aliphatic heterocycles. The van der Waals surface area contributed by atoms with Crippen LogP contribution in [0.4, 0.5) is 18.9 Å². The van der Waals surface area contributed by atoms with Crippen molar-refractivity contribution in [3.8, 4) is 0 Å². The van der Waals surface area contributed by atoms with Gasteiger partial charge >= 0.3 is 6.18 Å². The molecule has 1 atom stereocenters. The molecule has 11 heteroatoms. The molecule has 7 nitrogen and oxygen atoms in total. The molecule has 0 aliphatic rings. The van der Waals surface area contributed by atoms with Gasteiger partial charge in [-0.1, -0.05) is 6.07 Å². The number of nitro benzene ring substituents is 1. The van der Waals surface area contributed by atoms with E-state index in [0.29, 0.717) is 5.75 Å². The minimum absolute atomic E-state index is 0.0101. The van der Waals surface area contributed by atoms with E-state index in [1.807, 2.05) is 0 Å². The van der Waals surface area contributed by atoms with Crippen LogP contribution >= 0.6 is 11.8 Å². The molecule has 0 bridgehead atoms. The Labute approximate surface area is 158 Å². The number of nitro groups is 1. The topological polar surface area (TPSA) is 92.5 Å². The highest BCUT2D eigenvalue weighted by atomic mass is 32.2. The van der Waals surface area contributed by atoms with Crippen LogP contribution in [0, 0.1) is 10.1 Å². The van der Waals surface area contributed by atoms with Gasteiger partial charge in [0.1, 0.15) is 6.04 Å². The zero-order valence-corrected chi connectivity index (χ0v) is 15.6. The second-order valence-corrected chi connectivity index (χ2v) is 6.73. The Hall–Kier alpha value is -2.30. The number of nitrogens with one attached hydrogen (secondary N) is 1. The first-order chi connectivity index (χ1) is 12.5. The Morgan fingerprint density at radius 3 is 2.59 bits per heavy atom. The van der Waals surface area contributed by atoms with Crippen LogP contribution in [0.3, 0.4) is 0 Å². The molecule has 150 valence electrons. The Bertz CT molecular complexity index is 685. The number of amides is 2. The first-order valence-corrected chi connectivity index (χ1v) is 9.30. The van der Waals surface area contributed by atoms with Crippen LogP contribution in [0.25, 0.3) is 0 Å². The van der Waals surface area contributed by atoms with Gasteiger partial charge in [0.15, 0.2) is 0 Å². The molecule has 0 aromatic heterocycles. The Morgan fingerprint density at radius 2 is 2.04 bits per heavy atom. The summed E-state index contributed by atoms with van der Waals surface area (Å²) in [4.78, 5) is 35.9. The number of likely N-dealkylation sites (N-methyl/N-ethyl adjacent to an activating group) is 1. The van der Waals surface area contributed by atoms with Crippen molar-refractivity contribution in [1.82, 2.24) is 10.2 Å². The van der Waals surface area contributed by atoms with E-state index in [4.69, 9.17) is 0 Å². The summed E-state index contributed by atoms with van der Waals surface area (Å²) in [6.07, 6.45) is -3.53. The second kappa shape index (κ2) is 10.1. The highest BCUT2D eigenvalue weighted by Gasteiger charge is 2.30. The maximum atomic E-state index is 12.4. The summed E-state index contributed by atoms with van der Waals surface area (Å²) in [5.74, 6) is -0.854. The number of carbonyl (C=O) groups is 2. The molecule has 0 radical (unpaired) electrons. The summed E-state index contributed by atoms with van der Waals surface area (Å²) in [5.41, 5.74) is -0.291. The van der Waals surface area contributed by atoms with E-state index in [0.717, 1.165) is 11.0 Å². The molecule has 0 aliphatic carbocycles. The number of alkyl halides is 3. The van der Waals surface area contributed by atoms with Crippen LogP contribution in [0.2, 0.25) is 0 Å². The van der Waals surface area contributed by atoms with Crippen molar-refractivity contribution in [2.75, 3.05) is 25.6 Å². The van der Waals surface area contributed by atoms with E-state index in [1.54, 1.807) is 6.26 Å². The fraction of sp³-hybridized carbons (Fsp3) is 0.500. The van der Waals surface area contributed by atoms with E-state index in [1.165, 1.54) is 37.0 Å². The minimum Gasteiger partial charge on any atom is -0.344 e. The lowest BCUT2D eigenvalue weighted by Crippen LogP contribution is -2.48. The van der Waals surface area contributed by atoms with Crippen molar-refractivity contribution in [3.63, 3.8) is 0 Å². The number of hydrogen-bond donors (Lipinski definition) is 1. The largest absolute Gasteiger partial charge is 0.390 e. The zero-order valence-electron chi connectivity index (χ0n) is 14.8. The summed E-state index contributed by atoms with van der Waals surface area (Å²) in [5, 5.41) is 13.3. The van der Waals surface area contributed by atoms with E-state index in [2.05, 4.69) is 5.32 Å². The molecule has 0 heterocycles. The molecular formula is C16H20F3N3O4S. The van der Waals surface area contributed by atoms with E-state index in [-0.39, 0.29) is 17.7 Å². The fourth-order valence-electron chi connectivity index (χ4n) is 2.17. The van der Waals surface area contributed by atoms with Gasteiger partial charge in [-0.3, -0.25) is 19.7 Å². The van der Waals surface area contributed by atoms with Crippen LogP contribution in [0.5, 0.6) is 0 Å². The molecule has 0 spiro atoms. The van der Waals surface area contributed by atoms with Crippen LogP contribution in [0.1, 0.15) is 23.2 Å². The first kappa shape index (κ1) is 22.7. The van der Waals surface area contributed by atoms with E-state index >= 15 is 0 Å². The van der Waals surface area contributed by atoms with Crippen molar-refractivity contribution in [2.24, 2.45) is 0 Å². The quantitative estimate of drug-likeness (QED) is 0.502. The van der Waals surface area contributed by atoms with Gasteiger partial charge in [0.05, 0.1) is 11.3 Å². The molecule has 0 saturated carbocycles. The number of non-ortho nitro benzene ring substituents is 1. The number of benzene rings is 1. The summed E-state index contributed by atoms with van der Waals surface area (Å²) in [7, 11) is 1.24. The average Bonchev–Trinajstić information content (AvgIpc) is 2.61. The summed E-state index contributed by atoms with van der Waals surface area (Å²) in [6.45, 7) is -0.523. The van der Waals surface area contributed by atoms with E-state index < -0.39 is 41.9 Å². The fourth-order valence-corrected chi connectivity index (χ4v) is 2.64. The van der Waals surface area contributed by atoms with Crippen molar-refractivity contribution < 1.29 is 27.7 Å². The maximum absolute atomic E-state index is 12.4. The smallest absolute Gasteiger partial charge is 0.344 e. The highest BCUT2D eigenvalue weighted by molar-refractivity contribution is 7.98. The summed E-state index contributed by atoms with van der Waals surface area (Å²) < 4.78 is 37.1. The van der Waals surface area contributed by atoms with Gasteiger partial charge in [-0.2, -0.15) is 24.9 Å². The standard InChI is InChI=1S/C16H20F3N3O4S/c1-21(8-7-16(17,18)19)15(24)13(6-9-27-2)20-14(23)11-4-3-5-12(10-11)22(25)26/h3-5,10,13H,6-9H2,1-2H3,(H,20,23). The van der Waals surface area contributed by atoms with Gasteiger partial charge in [0.2, 0.25) is 5.91 Å². The number of halogens is 3. The van der Waals surface area contributed by atoms with Crippen molar-refractivity contribution in [2.45, 2.75) is 25.1 Å². The summed E-state index contributed by atoms with van der Waals surface area (Å²) in [6, 6.07) is 3.95. The second-order valence-electron chi connectivity index (χ2n) is 5.74. The third kappa shape index (κ3) is 7.85.